The van der Waals surface area contributed by atoms with Gasteiger partial charge in [0.25, 0.3) is 0 Å². The molecule has 0 spiro atoms. The summed E-state index contributed by atoms with van der Waals surface area (Å²) in [6.07, 6.45) is 0. The molecule has 0 unspecified atom stereocenters. The zero-order chi connectivity index (χ0) is 54.1. The van der Waals surface area contributed by atoms with Gasteiger partial charge in [-0.2, -0.15) is 0 Å². The first-order valence-corrected chi connectivity index (χ1v) is 21.2. The molecular weight excluding hydrogens is 847 g/mol. The predicted molar refractivity (Wildman–Crippen MR) is 341 cm³/mol. The van der Waals surface area contributed by atoms with Gasteiger partial charge in [0.05, 0.1) is 0 Å². The van der Waals surface area contributed by atoms with Crippen molar-refractivity contribution in [2.45, 2.75) is 0 Å². The molecule has 9 aromatic rings. The van der Waals surface area contributed by atoms with Crippen molar-refractivity contribution in [1.29, 1.82) is 0 Å². The summed E-state index contributed by atoms with van der Waals surface area (Å²) in [5.41, 5.74) is -6.47. The summed E-state index contributed by atoms with van der Waals surface area (Å²) in [6.45, 7) is 0. The van der Waals surface area contributed by atoms with Gasteiger partial charge >= 0.3 is 0 Å². The lowest BCUT2D eigenvalue weighted by Gasteiger charge is -2.34. The molecule has 0 aliphatic heterocycles. The summed E-state index contributed by atoms with van der Waals surface area (Å²) in [4.78, 5) is 0. The first-order valence-electron chi connectivity index (χ1n) is 21.2. The Labute approximate surface area is 461 Å². The third-order valence-electron chi connectivity index (χ3n) is 14.0. The van der Waals surface area contributed by atoms with Crippen LogP contribution in [0.3, 0.4) is 0 Å². The number of furan rings is 1. The summed E-state index contributed by atoms with van der Waals surface area (Å²) in [7, 11) is 189. The molecule has 0 aliphatic rings. The van der Waals surface area contributed by atoms with Gasteiger partial charge in [-0.25, -0.2) is 0 Å². The molecule has 266 valence electrons. The van der Waals surface area contributed by atoms with E-state index < -0.39 is 0 Å². The van der Waals surface area contributed by atoms with Gasteiger partial charge in [-0.3, -0.25) is 0 Å². The van der Waals surface area contributed by atoms with Gasteiger partial charge in [-0.15, -0.1) is 65.6 Å². The molecule has 8 aromatic carbocycles. The molecule has 1 heterocycles. The number of hydrogen-bond acceptors (Lipinski definition) is 1. The maximum Gasteiger partial charge on any atom is 0.128 e. The van der Waals surface area contributed by atoms with Gasteiger partial charge < -0.3 is 4.42 Å². The second-order valence-electron chi connectivity index (χ2n) is 17.6. The van der Waals surface area contributed by atoms with E-state index in [9.17, 15) is 0 Å². The molecule has 73 heavy (non-hydrogen) atoms. The van der Waals surface area contributed by atoms with E-state index in [1.165, 1.54) is 0 Å². The maximum absolute atomic E-state index is 7.16. The predicted octanol–water partition coefficient (Wildman–Crippen LogP) is -21.2. The molecule has 0 bridgehead atoms. The Balaban J connectivity index is 1.62. The highest BCUT2D eigenvalue weighted by molar-refractivity contribution is 6.77. The lowest BCUT2D eigenvalue weighted by molar-refractivity contribution is 0.675. The number of rotatable bonds is 4. The Morgan fingerprint density at radius 1 is 0.123 bits per heavy atom. The maximum atomic E-state index is 7.16. The quantitative estimate of drug-likeness (QED) is 0.127. The molecule has 0 amide bonds. The fraction of sp³-hybridized carbons (Fsp3) is 0. The normalized spacial score (nSPS) is 11.7. The zero-order valence-corrected chi connectivity index (χ0v) is 38.6. The lowest BCUT2D eigenvalue weighted by atomic mass is 9.54. The van der Waals surface area contributed by atoms with E-state index in [0.29, 0.717) is 0 Å². The van der Waals surface area contributed by atoms with Crippen LogP contribution in [0.4, 0.5) is 0 Å². The van der Waals surface area contributed by atoms with Crippen LogP contribution >= 0.6 is 0 Å². The summed E-state index contributed by atoms with van der Waals surface area (Å²) in [6, 6.07) is 0. The van der Waals surface area contributed by atoms with E-state index in [-0.39, 0.29) is 241 Å². The molecular formula is C44B28O. The fourth-order valence-electron chi connectivity index (χ4n) is 9.93. The van der Waals surface area contributed by atoms with E-state index in [2.05, 4.69) is 0 Å². The number of hydrogen-bond donors (Lipinski definition) is 0. The summed E-state index contributed by atoms with van der Waals surface area (Å²) in [5.74, 6) is 0. The van der Waals surface area contributed by atoms with Gasteiger partial charge in [0, 0.05) is 10.8 Å². The number of benzene rings is 8. The van der Waals surface area contributed by atoms with Gasteiger partial charge in [0.1, 0.15) is 231 Å². The van der Waals surface area contributed by atoms with Crippen molar-refractivity contribution < 1.29 is 4.42 Å². The molecule has 0 saturated carbocycles. The van der Waals surface area contributed by atoms with E-state index in [4.69, 9.17) is 224 Å². The van der Waals surface area contributed by atoms with E-state index in [1.807, 2.05) is 0 Å². The standard InChI is InChI=1S/C44B28O/c45-15-3-1(7-9(21(51)34(64)33(63)19(7)49)11-22(52)24(54)12(25(55)23(11)53)13-26(56)35(65)39(69)36(66)27(13)57)4-6(18(48)32(62)30(60)16(4)46)2(5(3)17(47)31(61)29(15)59)8-10-14-28(58)37(67)40(70)42(72)44(14)73-43(10)41(71)38(68)20(8)50. The summed E-state index contributed by atoms with van der Waals surface area (Å²) < 4.78 is 6.33. The van der Waals surface area contributed by atoms with Crippen LogP contribution in [-0.2, 0) is 0 Å². The van der Waals surface area contributed by atoms with Crippen LogP contribution in [0, 0.1) is 0 Å². The Kier molecular flexibility index (Phi) is 13.5. The lowest BCUT2D eigenvalue weighted by Crippen LogP contribution is -2.57. The molecule has 29 heteroatoms. The third kappa shape index (κ3) is 7.09. The van der Waals surface area contributed by atoms with Crippen molar-refractivity contribution in [2.24, 2.45) is 0 Å². The Morgan fingerprint density at radius 2 is 0.301 bits per heavy atom. The Bertz CT molecular complexity index is 3980. The van der Waals surface area contributed by atoms with Crippen LogP contribution < -0.4 is 153 Å². The average Bonchev–Trinajstić information content (AvgIpc) is 3.76. The summed E-state index contributed by atoms with van der Waals surface area (Å²) >= 11 is 0. The second-order valence-corrected chi connectivity index (χ2v) is 17.6. The molecule has 0 atom stereocenters. The average molecular weight is 847 g/mol. The minimum atomic E-state index is -0.292. The molecule has 1 aromatic heterocycles. The van der Waals surface area contributed by atoms with Crippen molar-refractivity contribution in [1.82, 2.24) is 0 Å². The Morgan fingerprint density at radius 3 is 0.644 bits per heavy atom. The van der Waals surface area contributed by atoms with Gasteiger partial charge in [0.2, 0.25) is 0 Å². The first-order chi connectivity index (χ1) is 34.0. The van der Waals surface area contributed by atoms with Crippen molar-refractivity contribution in [3.63, 3.8) is 0 Å². The van der Waals surface area contributed by atoms with E-state index in [0.717, 1.165) is 0 Å². The molecule has 0 N–H and O–H groups in total. The third-order valence-corrected chi connectivity index (χ3v) is 14.0. The van der Waals surface area contributed by atoms with E-state index in [1.54, 1.807) is 0 Å². The van der Waals surface area contributed by atoms with Crippen LogP contribution in [0.2, 0.25) is 0 Å². The first kappa shape index (κ1) is 53.7. The molecule has 9 rings (SSSR count). The zero-order valence-electron chi connectivity index (χ0n) is 38.6. The topological polar surface area (TPSA) is 13.1 Å². The highest BCUT2D eigenvalue weighted by atomic mass is 16.3. The van der Waals surface area contributed by atoms with Crippen LogP contribution in [-0.4, -0.2) is 220 Å². The SMILES string of the molecule is [B]c1c([B])c([B])c(-c2c([B])c([B])c(-c3c([B])c([B])c([B])c([B])c3-c3c4c([B])c([B])c([B])c([B])c4c(-c4c([B])c([B])c([B])c5oc6c([B])c([B])c([B])c([B])c6c45)c4c([B])c([B])c([B])c([B])c34)c([B])c2[B])c([B])c1[B]. The van der Waals surface area contributed by atoms with Crippen molar-refractivity contribution in [2.75, 3.05) is 0 Å². The second kappa shape index (κ2) is 18.3. The van der Waals surface area contributed by atoms with Gasteiger partial charge in [-0.1, -0.05) is 87.4 Å². The van der Waals surface area contributed by atoms with Crippen LogP contribution in [0.15, 0.2) is 4.42 Å². The van der Waals surface area contributed by atoms with Gasteiger partial charge in [0.15, 0.2) is 0 Å². The summed E-state index contributed by atoms with van der Waals surface area (Å²) in [5, 5.41) is -0.0935. The molecule has 1 nitrogen and oxygen atoms in total. The van der Waals surface area contributed by atoms with Gasteiger partial charge in [-0.05, 0) is 66.1 Å². The molecule has 0 saturated heterocycles. The molecule has 0 aliphatic carbocycles. The van der Waals surface area contributed by atoms with E-state index >= 15 is 0 Å². The monoisotopic (exact) mass is 852 g/mol. The smallest absolute Gasteiger partial charge is 0.128 e. The fourth-order valence-corrected chi connectivity index (χ4v) is 9.93. The van der Waals surface area contributed by atoms with Crippen molar-refractivity contribution >= 4 is 416 Å². The molecule has 56 radical (unpaired) electrons. The number of fused-ring (bicyclic) bond motifs is 5. The minimum Gasteiger partial charge on any atom is -0.457 e. The highest BCUT2D eigenvalue weighted by Gasteiger charge is 2.32. The largest absolute Gasteiger partial charge is 0.457 e. The minimum absolute atomic E-state index is 0.0144. The van der Waals surface area contributed by atoms with Crippen molar-refractivity contribution in [3.8, 4) is 44.5 Å². The van der Waals surface area contributed by atoms with Crippen LogP contribution in [0.1, 0.15) is 0 Å². The van der Waals surface area contributed by atoms with Crippen LogP contribution in [0.5, 0.6) is 0 Å². The Hall–Kier alpha value is -4.10. The van der Waals surface area contributed by atoms with Crippen LogP contribution in [0.25, 0.3) is 88.0 Å². The van der Waals surface area contributed by atoms with Crippen molar-refractivity contribution in [3.05, 3.63) is 0 Å². The highest BCUT2D eigenvalue weighted by Crippen LogP contribution is 2.44. The molecule has 0 fully saturated rings.